The van der Waals surface area contributed by atoms with Crippen molar-refractivity contribution in [1.29, 1.82) is 5.26 Å². The number of carbonyl (C=O) groups excluding carboxylic acids is 1. The third-order valence-electron chi connectivity index (χ3n) is 3.13. The van der Waals surface area contributed by atoms with Gasteiger partial charge in [-0.1, -0.05) is 0 Å². The van der Waals surface area contributed by atoms with E-state index in [0.29, 0.717) is 16.9 Å². The molecule has 2 aromatic carbocycles. The average molecular weight is 308 g/mol. The van der Waals surface area contributed by atoms with Gasteiger partial charge in [-0.05, 0) is 48.0 Å². The summed E-state index contributed by atoms with van der Waals surface area (Å²) in [5, 5.41) is 19.8. The fourth-order valence-electron chi connectivity index (χ4n) is 1.91. The molecule has 0 bridgehead atoms. The summed E-state index contributed by atoms with van der Waals surface area (Å²) in [6.07, 6.45) is 1.40. The van der Waals surface area contributed by atoms with Gasteiger partial charge in [0, 0.05) is 17.7 Å². The molecule has 0 saturated carbocycles. The number of nitro groups is 1. The van der Waals surface area contributed by atoms with E-state index in [9.17, 15) is 20.2 Å². The fraction of sp³-hybridized carbons (Fsp3) is 0.0588. The number of nitro benzene ring substituents is 1. The summed E-state index contributed by atoms with van der Waals surface area (Å²) < 4.78 is 5.02. The molecule has 0 fully saturated rings. The number of nitriles is 1. The molecule has 0 saturated heterocycles. The number of nitrogens with zero attached hydrogens (tertiary/aromatic N) is 2. The topological polar surface area (TPSA) is 93.2 Å². The van der Waals surface area contributed by atoms with E-state index in [1.54, 1.807) is 24.3 Å². The molecule has 0 spiro atoms. The number of carbonyl (C=O) groups is 1. The van der Waals surface area contributed by atoms with Gasteiger partial charge in [0.2, 0.25) is 5.78 Å². The van der Waals surface area contributed by atoms with Crippen LogP contribution in [-0.4, -0.2) is 17.8 Å². The summed E-state index contributed by atoms with van der Waals surface area (Å²) in [6.45, 7) is 0. The first-order chi connectivity index (χ1) is 11.0. The smallest absolute Gasteiger partial charge is 0.269 e. The molecule has 0 aliphatic carbocycles. The summed E-state index contributed by atoms with van der Waals surface area (Å²) >= 11 is 0. The Bertz CT molecular complexity index is 800. The minimum absolute atomic E-state index is 0.0518. The maximum absolute atomic E-state index is 12.3. The van der Waals surface area contributed by atoms with Crippen LogP contribution >= 0.6 is 0 Å². The van der Waals surface area contributed by atoms with Crippen LogP contribution in [0.5, 0.6) is 5.75 Å². The first-order valence-corrected chi connectivity index (χ1v) is 6.60. The Morgan fingerprint density at radius 3 is 2.26 bits per heavy atom. The van der Waals surface area contributed by atoms with Crippen LogP contribution in [0.4, 0.5) is 5.69 Å². The molecule has 0 amide bonds. The fourth-order valence-corrected chi connectivity index (χ4v) is 1.91. The van der Waals surface area contributed by atoms with Crippen molar-refractivity contribution in [1.82, 2.24) is 0 Å². The van der Waals surface area contributed by atoms with Gasteiger partial charge in [0.25, 0.3) is 5.69 Å². The van der Waals surface area contributed by atoms with Gasteiger partial charge in [-0.3, -0.25) is 14.9 Å². The summed E-state index contributed by atoms with van der Waals surface area (Å²) in [4.78, 5) is 22.4. The first-order valence-electron chi connectivity index (χ1n) is 6.60. The van der Waals surface area contributed by atoms with Gasteiger partial charge in [-0.15, -0.1) is 0 Å². The number of hydrogen-bond donors (Lipinski definition) is 0. The Balaban J connectivity index is 2.28. The van der Waals surface area contributed by atoms with Crippen molar-refractivity contribution in [3.63, 3.8) is 0 Å². The molecular weight excluding hydrogens is 296 g/mol. The Morgan fingerprint density at radius 2 is 1.78 bits per heavy atom. The van der Waals surface area contributed by atoms with Crippen molar-refractivity contribution in [2.24, 2.45) is 0 Å². The standard InChI is InChI=1S/C17H12N2O4/c1-23-16-8-4-13(5-9-16)17(20)14(11-18)10-12-2-6-15(7-3-12)19(21)22/h2-10H,1H3/b14-10+. The second-order valence-electron chi connectivity index (χ2n) is 4.58. The molecule has 23 heavy (non-hydrogen) atoms. The van der Waals surface area contributed by atoms with Crippen LogP contribution < -0.4 is 4.74 Å². The van der Waals surface area contributed by atoms with Crippen LogP contribution in [0.15, 0.2) is 54.1 Å². The summed E-state index contributed by atoms with van der Waals surface area (Å²) in [6, 6.07) is 13.9. The Morgan fingerprint density at radius 1 is 1.17 bits per heavy atom. The molecule has 2 aromatic rings. The van der Waals surface area contributed by atoms with Gasteiger partial charge in [0.15, 0.2) is 0 Å². The lowest BCUT2D eigenvalue weighted by Crippen LogP contribution is -2.01. The number of Topliss-reactive ketones (excluding diaryl/α,β-unsaturated/α-hetero) is 1. The number of benzene rings is 2. The molecule has 6 nitrogen and oxygen atoms in total. The van der Waals surface area contributed by atoms with E-state index in [4.69, 9.17) is 4.74 Å². The molecule has 114 valence electrons. The number of methoxy groups -OCH3 is 1. The molecule has 0 N–H and O–H groups in total. The zero-order valence-electron chi connectivity index (χ0n) is 12.2. The van der Waals surface area contributed by atoms with Crippen LogP contribution in [0.1, 0.15) is 15.9 Å². The number of ether oxygens (including phenoxy) is 1. The molecule has 0 aliphatic heterocycles. The quantitative estimate of drug-likeness (QED) is 0.277. The predicted octanol–water partition coefficient (Wildman–Crippen LogP) is 3.39. The maximum Gasteiger partial charge on any atom is 0.269 e. The van der Waals surface area contributed by atoms with E-state index in [1.165, 1.54) is 37.5 Å². The second-order valence-corrected chi connectivity index (χ2v) is 4.58. The highest BCUT2D eigenvalue weighted by atomic mass is 16.6. The minimum atomic E-state index is -0.513. The van der Waals surface area contributed by atoms with E-state index in [-0.39, 0.29) is 11.3 Å². The van der Waals surface area contributed by atoms with Gasteiger partial charge in [-0.2, -0.15) is 5.26 Å². The Hall–Kier alpha value is -3.46. The van der Waals surface area contributed by atoms with Gasteiger partial charge in [-0.25, -0.2) is 0 Å². The molecule has 0 aromatic heterocycles. The van der Waals surface area contributed by atoms with Crippen molar-refractivity contribution in [3.8, 4) is 11.8 Å². The number of rotatable bonds is 5. The molecule has 2 rings (SSSR count). The molecule has 0 atom stereocenters. The molecule has 6 heteroatoms. The number of allylic oxidation sites excluding steroid dienone is 1. The highest BCUT2D eigenvalue weighted by molar-refractivity contribution is 6.14. The zero-order valence-corrected chi connectivity index (χ0v) is 12.2. The van der Waals surface area contributed by atoms with Crippen LogP contribution in [0, 0.1) is 21.4 Å². The lowest BCUT2D eigenvalue weighted by Gasteiger charge is -2.02. The van der Waals surface area contributed by atoms with Crippen molar-refractivity contribution < 1.29 is 14.5 Å². The van der Waals surface area contributed by atoms with Crippen molar-refractivity contribution in [2.75, 3.05) is 7.11 Å². The van der Waals surface area contributed by atoms with Crippen molar-refractivity contribution in [3.05, 3.63) is 75.3 Å². The molecule has 0 unspecified atom stereocenters. The van der Waals surface area contributed by atoms with Crippen molar-refractivity contribution >= 4 is 17.5 Å². The summed E-state index contributed by atoms with van der Waals surface area (Å²) in [5.74, 6) is 0.188. The van der Waals surface area contributed by atoms with Crippen LogP contribution in [0.25, 0.3) is 6.08 Å². The van der Waals surface area contributed by atoms with Crippen LogP contribution in [0.3, 0.4) is 0 Å². The monoisotopic (exact) mass is 308 g/mol. The summed E-state index contributed by atoms with van der Waals surface area (Å²) in [5.41, 5.74) is 0.792. The van der Waals surface area contributed by atoms with Crippen molar-refractivity contribution in [2.45, 2.75) is 0 Å². The Labute approximate surface area is 132 Å². The number of hydrogen-bond acceptors (Lipinski definition) is 5. The minimum Gasteiger partial charge on any atom is -0.497 e. The van der Waals surface area contributed by atoms with Crippen LogP contribution in [0.2, 0.25) is 0 Å². The highest BCUT2D eigenvalue weighted by Gasteiger charge is 2.12. The lowest BCUT2D eigenvalue weighted by atomic mass is 10.0. The van der Waals surface area contributed by atoms with E-state index in [2.05, 4.69) is 0 Å². The average Bonchev–Trinajstić information content (AvgIpc) is 2.59. The third-order valence-corrected chi connectivity index (χ3v) is 3.13. The number of non-ortho nitro benzene ring substituents is 1. The Kier molecular flexibility index (Phi) is 4.85. The lowest BCUT2D eigenvalue weighted by molar-refractivity contribution is -0.384. The summed E-state index contributed by atoms with van der Waals surface area (Å²) in [7, 11) is 1.52. The molecular formula is C17H12N2O4. The SMILES string of the molecule is COc1ccc(C(=O)/C(C#N)=C/c2ccc([N+](=O)[O-])cc2)cc1. The zero-order chi connectivity index (χ0) is 16.8. The van der Waals surface area contributed by atoms with Gasteiger partial charge in [0.05, 0.1) is 12.0 Å². The largest absolute Gasteiger partial charge is 0.497 e. The van der Waals surface area contributed by atoms with E-state index in [1.807, 2.05) is 6.07 Å². The third kappa shape index (κ3) is 3.80. The van der Waals surface area contributed by atoms with Gasteiger partial charge >= 0.3 is 0 Å². The maximum atomic E-state index is 12.3. The molecule has 0 heterocycles. The molecule has 0 radical (unpaired) electrons. The molecule has 0 aliphatic rings. The number of ketones is 1. The van der Waals surface area contributed by atoms with Gasteiger partial charge < -0.3 is 4.74 Å². The normalized spacial score (nSPS) is 10.7. The van der Waals surface area contributed by atoms with E-state index in [0.717, 1.165) is 0 Å². The predicted molar refractivity (Wildman–Crippen MR) is 84.0 cm³/mol. The highest BCUT2D eigenvalue weighted by Crippen LogP contribution is 2.18. The van der Waals surface area contributed by atoms with E-state index >= 15 is 0 Å². The van der Waals surface area contributed by atoms with E-state index < -0.39 is 10.7 Å². The second kappa shape index (κ2) is 7.00. The first kappa shape index (κ1) is 15.9. The van der Waals surface area contributed by atoms with Crippen LogP contribution in [-0.2, 0) is 0 Å². The van der Waals surface area contributed by atoms with Gasteiger partial charge in [0.1, 0.15) is 17.4 Å².